The van der Waals surface area contributed by atoms with Gasteiger partial charge in [0, 0.05) is 22.6 Å². The summed E-state index contributed by atoms with van der Waals surface area (Å²) in [5, 5.41) is 17.9. The highest BCUT2D eigenvalue weighted by Gasteiger charge is 2.19. The van der Waals surface area contributed by atoms with E-state index in [0.717, 1.165) is 33.4 Å². The quantitative estimate of drug-likeness (QED) is 0.160. The fourth-order valence-corrected chi connectivity index (χ4v) is 4.09. The number of amides is 1. The van der Waals surface area contributed by atoms with E-state index in [-0.39, 0.29) is 24.5 Å². The van der Waals surface area contributed by atoms with Crippen LogP contribution in [0.15, 0.2) is 78.9 Å². The van der Waals surface area contributed by atoms with Crippen LogP contribution in [0, 0.1) is 5.41 Å². The van der Waals surface area contributed by atoms with Crippen LogP contribution in [0.1, 0.15) is 22.9 Å². The molecule has 174 valence electrons. The van der Waals surface area contributed by atoms with Crippen LogP contribution in [0.5, 0.6) is 0 Å². The van der Waals surface area contributed by atoms with Gasteiger partial charge in [-0.05, 0) is 35.7 Å². The highest BCUT2D eigenvalue weighted by atomic mass is 35.5. The lowest BCUT2D eigenvalue weighted by molar-refractivity contribution is -0.120. The number of anilines is 1. The number of aromatic amines is 1. The number of halogens is 1. The summed E-state index contributed by atoms with van der Waals surface area (Å²) in [6.45, 7) is 0.585. The molecule has 1 aromatic heterocycles. The minimum Gasteiger partial charge on any atom is -0.379 e. The second kappa shape index (κ2) is 10.8. The number of hydrogen-bond donors (Lipinski definition) is 6. The van der Waals surface area contributed by atoms with Crippen molar-refractivity contribution >= 4 is 40.1 Å². The van der Waals surface area contributed by atoms with Crippen LogP contribution in [-0.2, 0) is 17.8 Å². The van der Waals surface area contributed by atoms with Gasteiger partial charge in [-0.3, -0.25) is 10.2 Å². The van der Waals surface area contributed by atoms with E-state index in [2.05, 4.69) is 33.1 Å². The minimum absolute atomic E-state index is 0.0729. The average Bonchev–Trinajstić information content (AvgIpc) is 3.26. The fraction of sp³-hybridized carbons (Fsp3) is 0.154. The van der Waals surface area contributed by atoms with E-state index in [1.54, 1.807) is 0 Å². The number of guanidine groups is 1. The van der Waals surface area contributed by atoms with Crippen LogP contribution in [0.25, 0.3) is 10.9 Å². The molecule has 1 atom stereocenters. The first-order valence-electron chi connectivity index (χ1n) is 11.0. The van der Waals surface area contributed by atoms with Crippen LogP contribution < -0.4 is 21.7 Å². The van der Waals surface area contributed by atoms with Gasteiger partial charge in [0.2, 0.25) is 5.91 Å². The Kier molecular flexibility index (Phi) is 7.34. The number of hydrogen-bond acceptors (Lipinski definition) is 3. The Labute approximate surface area is 203 Å². The molecule has 0 fully saturated rings. The van der Waals surface area contributed by atoms with Gasteiger partial charge in [-0.1, -0.05) is 72.3 Å². The summed E-state index contributed by atoms with van der Waals surface area (Å²) in [7, 11) is 0. The third-order valence-corrected chi connectivity index (χ3v) is 5.69. The average molecular weight is 475 g/mol. The summed E-state index contributed by atoms with van der Waals surface area (Å²) in [6.07, 6.45) is 0.597. The number of benzene rings is 3. The highest BCUT2D eigenvalue weighted by Crippen LogP contribution is 2.31. The topological polar surface area (TPSA) is 119 Å². The molecule has 0 aliphatic carbocycles. The first-order valence-corrected chi connectivity index (χ1v) is 11.4. The molecule has 3 aromatic carbocycles. The maximum atomic E-state index is 12.5. The molecule has 0 aliphatic heterocycles. The summed E-state index contributed by atoms with van der Waals surface area (Å²) < 4.78 is 0. The molecule has 1 amide bonds. The van der Waals surface area contributed by atoms with Crippen molar-refractivity contribution < 1.29 is 4.79 Å². The van der Waals surface area contributed by atoms with Gasteiger partial charge in [0.1, 0.15) is 0 Å². The molecule has 0 saturated heterocycles. The van der Waals surface area contributed by atoms with Gasteiger partial charge < -0.3 is 26.7 Å². The number of H-pyrrole nitrogens is 1. The monoisotopic (exact) mass is 474 g/mol. The van der Waals surface area contributed by atoms with Crippen molar-refractivity contribution in [2.75, 3.05) is 11.9 Å². The predicted molar refractivity (Wildman–Crippen MR) is 138 cm³/mol. The van der Waals surface area contributed by atoms with E-state index in [0.29, 0.717) is 18.0 Å². The normalized spacial score (nSPS) is 11.7. The molecule has 8 heteroatoms. The number of rotatable bonds is 9. The second-order valence-corrected chi connectivity index (χ2v) is 8.49. The summed E-state index contributed by atoms with van der Waals surface area (Å²) in [4.78, 5) is 16.0. The zero-order chi connectivity index (χ0) is 23.9. The van der Waals surface area contributed by atoms with Crippen molar-refractivity contribution in [3.8, 4) is 0 Å². The number of carbonyl (C=O) groups is 1. The number of aromatic nitrogens is 1. The van der Waals surface area contributed by atoms with Crippen molar-refractivity contribution in [2.24, 2.45) is 5.73 Å². The van der Waals surface area contributed by atoms with Crippen molar-refractivity contribution in [3.05, 3.63) is 101 Å². The zero-order valence-corrected chi connectivity index (χ0v) is 19.3. The molecule has 1 unspecified atom stereocenters. The summed E-state index contributed by atoms with van der Waals surface area (Å²) in [5.74, 6) is -0.501. The van der Waals surface area contributed by atoms with Gasteiger partial charge in [0.25, 0.3) is 0 Å². The van der Waals surface area contributed by atoms with Crippen molar-refractivity contribution in [2.45, 2.75) is 19.0 Å². The van der Waals surface area contributed by atoms with E-state index in [1.807, 2.05) is 66.7 Å². The van der Waals surface area contributed by atoms with Gasteiger partial charge in [-0.15, -0.1) is 0 Å². The zero-order valence-electron chi connectivity index (χ0n) is 18.6. The molecular weight excluding hydrogens is 448 g/mol. The van der Waals surface area contributed by atoms with E-state index in [4.69, 9.17) is 22.7 Å². The van der Waals surface area contributed by atoms with Crippen molar-refractivity contribution in [1.29, 1.82) is 5.41 Å². The van der Waals surface area contributed by atoms with Gasteiger partial charge in [0.05, 0.1) is 23.8 Å². The summed E-state index contributed by atoms with van der Waals surface area (Å²) in [5.41, 5.74) is 10.2. The van der Waals surface area contributed by atoms with Crippen molar-refractivity contribution in [1.82, 2.24) is 15.6 Å². The van der Waals surface area contributed by atoms with E-state index in [1.165, 1.54) is 0 Å². The Morgan fingerprint density at radius 3 is 2.35 bits per heavy atom. The SMILES string of the molecule is N=C(N)NCC(=O)NC(Cc1ccccc1)c1cc2cc(Cl)cc(NCc3ccccc3)c2[nH]1. The lowest BCUT2D eigenvalue weighted by Gasteiger charge is -2.18. The van der Waals surface area contributed by atoms with Crippen LogP contribution in [0.3, 0.4) is 0 Å². The lowest BCUT2D eigenvalue weighted by Crippen LogP contribution is -2.41. The molecule has 1 heterocycles. The van der Waals surface area contributed by atoms with Gasteiger partial charge >= 0.3 is 0 Å². The molecule has 34 heavy (non-hydrogen) atoms. The van der Waals surface area contributed by atoms with Crippen LogP contribution in [0.2, 0.25) is 5.02 Å². The van der Waals surface area contributed by atoms with Gasteiger partial charge in [-0.25, -0.2) is 0 Å². The molecule has 7 nitrogen and oxygen atoms in total. The molecule has 4 rings (SSSR count). The van der Waals surface area contributed by atoms with E-state index < -0.39 is 0 Å². The first-order chi connectivity index (χ1) is 16.5. The molecule has 4 aromatic rings. The van der Waals surface area contributed by atoms with Gasteiger partial charge in [0.15, 0.2) is 5.96 Å². The molecule has 0 aliphatic rings. The minimum atomic E-state index is -0.309. The standard InChI is InChI=1S/C26H27ClN6O/c27-20-12-19-13-22(33-25(19)23(14-20)30-15-18-9-5-2-6-10-18)21(11-17-7-3-1-4-8-17)32-24(34)16-31-26(28)29/h1-10,12-14,21,30,33H,11,15-16H2,(H,32,34)(H4,28,29,31). The Morgan fingerprint density at radius 1 is 1.00 bits per heavy atom. The first kappa shape index (κ1) is 23.2. The predicted octanol–water partition coefficient (Wildman–Crippen LogP) is 4.32. The van der Waals surface area contributed by atoms with Crippen LogP contribution in [-0.4, -0.2) is 23.4 Å². The van der Waals surface area contributed by atoms with E-state index in [9.17, 15) is 4.79 Å². The maximum absolute atomic E-state index is 12.5. The summed E-state index contributed by atoms with van der Waals surface area (Å²) in [6, 6.07) is 25.6. The third-order valence-electron chi connectivity index (χ3n) is 5.47. The second-order valence-electron chi connectivity index (χ2n) is 8.06. The van der Waals surface area contributed by atoms with E-state index >= 15 is 0 Å². The Morgan fingerprint density at radius 2 is 1.68 bits per heavy atom. The van der Waals surface area contributed by atoms with Crippen LogP contribution >= 0.6 is 11.6 Å². The Bertz CT molecular complexity index is 1270. The Balaban J connectivity index is 1.62. The number of nitrogens with one attached hydrogen (secondary N) is 5. The Hall–Kier alpha value is -3.97. The fourth-order valence-electron chi connectivity index (χ4n) is 3.86. The van der Waals surface area contributed by atoms with Gasteiger partial charge in [-0.2, -0.15) is 0 Å². The summed E-state index contributed by atoms with van der Waals surface area (Å²) >= 11 is 6.42. The van der Waals surface area contributed by atoms with Crippen molar-refractivity contribution in [3.63, 3.8) is 0 Å². The van der Waals surface area contributed by atoms with Crippen LogP contribution in [0.4, 0.5) is 5.69 Å². The molecule has 0 spiro atoms. The molecule has 0 bridgehead atoms. The lowest BCUT2D eigenvalue weighted by atomic mass is 10.0. The number of fused-ring (bicyclic) bond motifs is 1. The molecule has 0 saturated carbocycles. The maximum Gasteiger partial charge on any atom is 0.239 e. The third kappa shape index (κ3) is 6.08. The number of carbonyl (C=O) groups excluding carboxylic acids is 1. The molecular formula is C26H27ClN6O. The number of nitrogens with two attached hydrogens (primary N) is 1. The molecule has 0 radical (unpaired) electrons. The largest absolute Gasteiger partial charge is 0.379 e. The molecule has 7 N–H and O–H groups in total. The smallest absolute Gasteiger partial charge is 0.239 e. The highest BCUT2D eigenvalue weighted by molar-refractivity contribution is 6.31.